The van der Waals surface area contributed by atoms with Gasteiger partial charge in [-0.25, -0.2) is 8.42 Å². The standard InChI is InChI=1S/C16H22ClN3O4S.ClH/c17-12-2-1-3-14(10-12)25(22,23)20-8-6-19(7-9-20)16(21)15-5-4-13(11-18)24-15;/h1-3,10,13,15H,4-9,11,18H2;1H/t13-,15+;/m1./s1. The molecule has 7 nitrogen and oxygen atoms in total. The van der Waals surface area contributed by atoms with Crippen LogP contribution in [-0.4, -0.2) is 68.5 Å². The number of ether oxygens (including phenoxy) is 1. The molecule has 146 valence electrons. The van der Waals surface area contributed by atoms with E-state index < -0.39 is 16.1 Å². The summed E-state index contributed by atoms with van der Waals surface area (Å²) in [6.07, 6.45) is 0.945. The van der Waals surface area contributed by atoms with E-state index in [9.17, 15) is 13.2 Å². The van der Waals surface area contributed by atoms with Gasteiger partial charge in [-0.2, -0.15) is 4.31 Å². The monoisotopic (exact) mass is 423 g/mol. The normalized spacial score (nSPS) is 24.3. The molecule has 2 atom stereocenters. The Hall–Kier alpha value is -0.900. The highest BCUT2D eigenvalue weighted by molar-refractivity contribution is 7.89. The highest BCUT2D eigenvalue weighted by Gasteiger charge is 2.36. The van der Waals surface area contributed by atoms with Gasteiger partial charge in [0.25, 0.3) is 5.91 Å². The van der Waals surface area contributed by atoms with Crippen molar-refractivity contribution in [2.75, 3.05) is 32.7 Å². The Morgan fingerprint density at radius 3 is 2.50 bits per heavy atom. The zero-order valence-corrected chi connectivity index (χ0v) is 16.6. The summed E-state index contributed by atoms with van der Waals surface area (Å²) in [6, 6.07) is 6.21. The van der Waals surface area contributed by atoms with E-state index in [4.69, 9.17) is 22.1 Å². The molecule has 2 N–H and O–H groups in total. The van der Waals surface area contributed by atoms with Crippen LogP contribution in [0.1, 0.15) is 12.8 Å². The molecule has 0 unspecified atom stereocenters. The topological polar surface area (TPSA) is 92.9 Å². The van der Waals surface area contributed by atoms with Gasteiger partial charge < -0.3 is 15.4 Å². The van der Waals surface area contributed by atoms with E-state index in [0.717, 1.165) is 6.42 Å². The lowest BCUT2D eigenvalue weighted by atomic mass is 10.1. The quantitative estimate of drug-likeness (QED) is 0.782. The second-order valence-electron chi connectivity index (χ2n) is 6.25. The number of rotatable bonds is 4. The Morgan fingerprint density at radius 1 is 1.23 bits per heavy atom. The lowest BCUT2D eigenvalue weighted by Crippen LogP contribution is -2.52. The number of hydrogen-bond acceptors (Lipinski definition) is 5. The second kappa shape index (κ2) is 8.86. The highest BCUT2D eigenvalue weighted by Crippen LogP contribution is 2.23. The molecule has 2 fully saturated rings. The van der Waals surface area contributed by atoms with Gasteiger partial charge in [-0.05, 0) is 31.0 Å². The van der Waals surface area contributed by atoms with Crippen LogP contribution in [0, 0.1) is 0 Å². The number of piperazine rings is 1. The molecule has 0 saturated carbocycles. The molecule has 1 aromatic rings. The number of hydrogen-bond donors (Lipinski definition) is 1. The summed E-state index contributed by atoms with van der Waals surface area (Å²) in [4.78, 5) is 14.4. The predicted octanol–water partition coefficient (Wildman–Crippen LogP) is 1.10. The maximum Gasteiger partial charge on any atom is 0.251 e. The average molecular weight is 424 g/mol. The number of benzene rings is 1. The maximum absolute atomic E-state index is 12.7. The third kappa shape index (κ3) is 4.49. The van der Waals surface area contributed by atoms with E-state index in [-0.39, 0.29) is 42.4 Å². The summed E-state index contributed by atoms with van der Waals surface area (Å²) in [6.45, 7) is 1.63. The average Bonchev–Trinajstić information content (AvgIpc) is 3.10. The zero-order valence-electron chi connectivity index (χ0n) is 14.2. The molecule has 2 heterocycles. The molecule has 0 radical (unpaired) electrons. The number of sulfonamides is 1. The first-order valence-electron chi connectivity index (χ1n) is 8.32. The fourth-order valence-corrected chi connectivity index (χ4v) is 4.91. The first-order chi connectivity index (χ1) is 11.9. The number of nitrogens with two attached hydrogens (primary N) is 1. The van der Waals surface area contributed by atoms with Gasteiger partial charge in [-0.15, -0.1) is 12.4 Å². The van der Waals surface area contributed by atoms with Gasteiger partial charge in [0.1, 0.15) is 6.10 Å². The van der Waals surface area contributed by atoms with E-state index in [1.54, 1.807) is 17.0 Å². The molecular weight excluding hydrogens is 401 g/mol. The predicted molar refractivity (Wildman–Crippen MR) is 101 cm³/mol. The lowest BCUT2D eigenvalue weighted by molar-refractivity contribution is -0.143. The Balaban J connectivity index is 0.00000243. The Bertz CT molecular complexity index is 739. The lowest BCUT2D eigenvalue weighted by Gasteiger charge is -2.35. The third-order valence-corrected chi connectivity index (χ3v) is 6.76. The fourth-order valence-electron chi connectivity index (χ4n) is 3.19. The molecule has 10 heteroatoms. The van der Waals surface area contributed by atoms with E-state index >= 15 is 0 Å². The fraction of sp³-hybridized carbons (Fsp3) is 0.562. The number of carbonyl (C=O) groups is 1. The molecule has 1 aromatic carbocycles. The largest absolute Gasteiger partial charge is 0.364 e. The van der Waals surface area contributed by atoms with Crippen LogP contribution in [0.15, 0.2) is 29.2 Å². The highest BCUT2D eigenvalue weighted by atomic mass is 35.5. The van der Waals surface area contributed by atoms with Gasteiger partial charge in [0.2, 0.25) is 10.0 Å². The SMILES string of the molecule is Cl.NC[C@H]1CC[C@@H](C(=O)N2CCN(S(=O)(=O)c3cccc(Cl)c3)CC2)O1. The van der Waals surface area contributed by atoms with Crippen LogP contribution in [0.5, 0.6) is 0 Å². The van der Waals surface area contributed by atoms with Crippen molar-refractivity contribution in [2.24, 2.45) is 5.73 Å². The first kappa shape index (κ1) is 21.4. The van der Waals surface area contributed by atoms with Crippen LogP contribution in [0.2, 0.25) is 5.02 Å². The van der Waals surface area contributed by atoms with Crippen molar-refractivity contribution in [1.82, 2.24) is 9.21 Å². The molecule has 2 saturated heterocycles. The second-order valence-corrected chi connectivity index (χ2v) is 8.62. The molecular formula is C16H23Cl2N3O4S. The van der Waals surface area contributed by atoms with Crippen LogP contribution in [-0.2, 0) is 19.6 Å². The van der Waals surface area contributed by atoms with Crippen molar-refractivity contribution in [3.63, 3.8) is 0 Å². The molecule has 26 heavy (non-hydrogen) atoms. The minimum Gasteiger partial charge on any atom is -0.364 e. The van der Waals surface area contributed by atoms with Crippen LogP contribution in [0.4, 0.5) is 0 Å². The molecule has 1 amide bonds. The van der Waals surface area contributed by atoms with Crippen molar-refractivity contribution in [1.29, 1.82) is 0 Å². The summed E-state index contributed by atoms with van der Waals surface area (Å²) >= 11 is 5.89. The Morgan fingerprint density at radius 2 is 1.92 bits per heavy atom. The summed E-state index contributed by atoms with van der Waals surface area (Å²) in [5.41, 5.74) is 5.57. The van der Waals surface area contributed by atoms with Crippen LogP contribution < -0.4 is 5.73 Å². The maximum atomic E-state index is 12.7. The van der Waals surface area contributed by atoms with E-state index in [1.165, 1.54) is 16.4 Å². The minimum atomic E-state index is -3.60. The molecule has 2 aliphatic heterocycles. The Kier molecular flexibility index (Phi) is 7.29. The van der Waals surface area contributed by atoms with E-state index in [0.29, 0.717) is 31.1 Å². The Labute approximate surface area is 164 Å². The summed E-state index contributed by atoms with van der Waals surface area (Å²) in [7, 11) is -3.60. The van der Waals surface area contributed by atoms with Gasteiger partial charge in [0.05, 0.1) is 11.0 Å². The summed E-state index contributed by atoms with van der Waals surface area (Å²) < 4.78 is 32.4. The minimum absolute atomic E-state index is 0. The zero-order chi connectivity index (χ0) is 18.0. The van der Waals surface area contributed by atoms with Crippen LogP contribution in [0.3, 0.4) is 0 Å². The van der Waals surface area contributed by atoms with Crippen molar-refractivity contribution in [3.05, 3.63) is 29.3 Å². The molecule has 0 aromatic heterocycles. The molecule has 3 rings (SSSR count). The van der Waals surface area contributed by atoms with Gasteiger partial charge >= 0.3 is 0 Å². The molecule has 2 aliphatic rings. The van der Waals surface area contributed by atoms with Gasteiger partial charge in [0, 0.05) is 37.7 Å². The van der Waals surface area contributed by atoms with Crippen molar-refractivity contribution >= 4 is 39.9 Å². The first-order valence-corrected chi connectivity index (χ1v) is 10.1. The smallest absolute Gasteiger partial charge is 0.251 e. The van der Waals surface area contributed by atoms with E-state index in [2.05, 4.69) is 0 Å². The van der Waals surface area contributed by atoms with Gasteiger partial charge in [-0.3, -0.25) is 4.79 Å². The van der Waals surface area contributed by atoms with Crippen molar-refractivity contribution in [2.45, 2.75) is 29.9 Å². The molecule has 0 spiro atoms. The van der Waals surface area contributed by atoms with Crippen molar-refractivity contribution in [3.8, 4) is 0 Å². The van der Waals surface area contributed by atoms with Crippen LogP contribution >= 0.6 is 24.0 Å². The number of halogens is 2. The third-order valence-electron chi connectivity index (χ3n) is 4.63. The number of carbonyl (C=O) groups excluding carboxylic acids is 1. The van der Waals surface area contributed by atoms with Gasteiger partial charge in [0.15, 0.2) is 0 Å². The summed E-state index contributed by atoms with van der Waals surface area (Å²) in [5.74, 6) is -0.0734. The van der Waals surface area contributed by atoms with Crippen molar-refractivity contribution < 1.29 is 17.9 Å². The molecule has 0 aliphatic carbocycles. The summed E-state index contributed by atoms with van der Waals surface area (Å²) in [5, 5.41) is 0.378. The number of nitrogens with zero attached hydrogens (tertiary/aromatic N) is 2. The number of amides is 1. The van der Waals surface area contributed by atoms with E-state index in [1.807, 2.05) is 0 Å². The van der Waals surface area contributed by atoms with Crippen LogP contribution in [0.25, 0.3) is 0 Å². The van der Waals surface area contributed by atoms with Gasteiger partial charge in [-0.1, -0.05) is 17.7 Å². The molecule has 0 bridgehead atoms.